The van der Waals surface area contributed by atoms with Crippen molar-refractivity contribution < 1.29 is 0 Å². The Morgan fingerprint density at radius 1 is 1.35 bits per heavy atom. The quantitative estimate of drug-likeness (QED) is 0.667. The smallest absolute Gasteiger partial charge is 0.258 e. The van der Waals surface area contributed by atoms with E-state index in [0.29, 0.717) is 22.3 Å². The monoisotopic (exact) mass is 333 g/mol. The summed E-state index contributed by atoms with van der Waals surface area (Å²) in [5.74, 6) is 0. The maximum Gasteiger partial charge on any atom is 0.258 e. The van der Waals surface area contributed by atoms with E-state index in [1.165, 1.54) is 6.33 Å². The van der Waals surface area contributed by atoms with E-state index >= 15 is 0 Å². The molecule has 0 atom stereocenters. The molecule has 6 nitrogen and oxygen atoms in total. The molecule has 7 heteroatoms. The summed E-state index contributed by atoms with van der Waals surface area (Å²) >= 11 is 3.49. The van der Waals surface area contributed by atoms with Crippen molar-refractivity contribution in [2.45, 2.75) is 13.8 Å². The lowest BCUT2D eigenvalue weighted by molar-refractivity contribution is 0.836. The number of aromatic amines is 1. The van der Waals surface area contributed by atoms with E-state index in [-0.39, 0.29) is 5.56 Å². The van der Waals surface area contributed by atoms with Gasteiger partial charge in [-0.2, -0.15) is 5.10 Å². The molecule has 0 aliphatic rings. The molecule has 0 aliphatic heterocycles. The zero-order chi connectivity index (χ0) is 14.4. The molecule has 0 bridgehead atoms. The van der Waals surface area contributed by atoms with Gasteiger partial charge in [-0.05, 0) is 41.9 Å². The van der Waals surface area contributed by atoms with Gasteiger partial charge < -0.3 is 10.7 Å². The first kappa shape index (κ1) is 12.9. The summed E-state index contributed by atoms with van der Waals surface area (Å²) in [6.07, 6.45) is 1.38. The average Bonchev–Trinajstić information content (AvgIpc) is 2.67. The van der Waals surface area contributed by atoms with Gasteiger partial charge in [-0.25, -0.2) is 9.67 Å². The largest absolute Gasteiger partial charge is 0.397 e. The normalized spacial score (nSPS) is 11.2. The second-order valence-corrected chi connectivity index (χ2v) is 5.35. The predicted octanol–water partition coefficient (Wildman–Crippen LogP) is 2.07. The molecule has 0 saturated heterocycles. The van der Waals surface area contributed by atoms with Crippen molar-refractivity contribution in [1.82, 2.24) is 19.7 Å². The van der Waals surface area contributed by atoms with Gasteiger partial charge in [0.2, 0.25) is 0 Å². The number of nitrogens with two attached hydrogens (primary N) is 1. The molecule has 20 heavy (non-hydrogen) atoms. The van der Waals surface area contributed by atoms with Crippen LogP contribution in [0.3, 0.4) is 0 Å². The summed E-state index contributed by atoms with van der Waals surface area (Å²) < 4.78 is 2.69. The summed E-state index contributed by atoms with van der Waals surface area (Å²) in [5.41, 5.74) is 9.45. The minimum Gasteiger partial charge on any atom is -0.397 e. The van der Waals surface area contributed by atoms with Crippen LogP contribution in [0.15, 0.2) is 27.7 Å². The van der Waals surface area contributed by atoms with Gasteiger partial charge in [0.05, 0.1) is 44.5 Å². The van der Waals surface area contributed by atoms with Crippen LogP contribution in [0.2, 0.25) is 0 Å². The number of hydrogen-bond donors (Lipinski definition) is 2. The van der Waals surface area contributed by atoms with Gasteiger partial charge in [0.15, 0.2) is 0 Å². The number of nitrogens with one attached hydrogen (secondary N) is 1. The Labute approximate surface area is 122 Å². The molecule has 0 amide bonds. The van der Waals surface area contributed by atoms with Crippen molar-refractivity contribution in [3.8, 4) is 5.69 Å². The summed E-state index contributed by atoms with van der Waals surface area (Å²) in [4.78, 5) is 18.4. The molecule has 3 rings (SSSR count). The minimum atomic E-state index is -0.206. The van der Waals surface area contributed by atoms with Crippen molar-refractivity contribution >= 4 is 32.5 Å². The lowest BCUT2D eigenvalue weighted by atomic mass is 10.2. The third-order valence-electron chi connectivity index (χ3n) is 3.22. The highest BCUT2D eigenvalue weighted by atomic mass is 79.9. The van der Waals surface area contributed by atoms with Crippen LogP contribution in [-0.4, -0.2) is 19.7 Å². The highest BCUT2D eigenvalue weighted by Gasteiger charge is 2.14. The Bertz CT molecular complexity index is 880. The summed E-state index contributed by atoms with van der Waals surface area (Å²) in [6.45, 7) is 3.85. The number of nitrogens with zero attached hydrogens (tertiary/aromatic N) is 3. The van der Waals surface area contributed by atoms with Crippen molar-refractivity contribution in [3.63, 3.8) is 0 Å². The fourth-order valence-corrected chi connectivity index (χ4v) is 2.41. The first-order valence-corrected chi connectivity index (χ1v) is 6.77. The third kappa shape index (κ3) is 1.82. The molecule has 102 valence electrons. The molecule has 0 aliphatic carbocycles. The Kier molecular flexibility index (Phi) is 2.86. The van der Waals surface area contributed by atoms with Gasteiger partial charge >= 0.3 is 0 Å². The maximum atomic E-state index is 11.7. The Morgan fingerprint density at radius 3 is 2.75 bits per heavy atom. The Hall–Kier alpha value is -2.15. The number of rotatable bonds is 1. The zero-order valence-corrected chi connectivity index (χ0v) is 12.5. The number of benzene rings is 1. The summed E-state index contributed by atoms with van der Waals surface area (Å²) in [7, 11) is 0. The van der Waals surface area contributed by atoms with Crippen LogP contribution in [0.4, 0.5) is 5.69 Å². The lowest BCUT2D eigenvalue weighted by Crippen LogP contribution is -2.09. The fourth-order valence-electron chi connectivity index (χ4n) is 2.16. The maximum absolute atomic E-state index is 11.7. The molecule has 2 heterocycles. The van der Waals surface area contributed by atoms with E-state index in [4.69, 9.17) is 5.73 Å². The number of halogens is 1. The number of aryl methyl sites for hydroxylation is 1. The van der Waals surface area contributed by atoms with Crippen LogP contribution in [0, 0.1) is 13.8 Å². The number of fused-ring (bicyclic) bond motifs is 1. The third-order valence-corrected chi connectivity index (χ3v) is 4.37. The van der Waals surface area contributed by atoms with Gasteiger partial charge in [0, 0.05) is 0 Å². The lowest BCUT2D eigenvalue weighted by Gasteiger charge is -2.09. The molecule has 0 unspecified atom stereocenters. The van der Waals surface area contributed by atoms with Crippen LogP contribution in [0.5, 0.6) is 0 Å². The number of aromatic nitrogens is 4. The average molecular weight is 334 g/mol. The molecule has 3 N–H and O–H groups in total. The second kappa shape index (κ2) is 4.45. The fraction of sp³-hybridized carbons (Fsp3) is 0.154. The van der Waals surface area contributed by atoms with Crippen LogP contribution in [0.1, 0.15) is 11.4 Å². The van der Waals surface area contributed by atoms with Gasteiger partial charge in [-0.3, -0.25) is 4.79 Å². The standard InChI is InChI=1S/C13H12BrN5O/c1-6-12(14)7(2)19(18-6)11-4-10-8(3-9(11)15)13(20)17-5-16-10/h3-5H,15H2,1-2H3,(H,16,17,20). The first-order chi connectivity index (χ1) is 9.49. The first-order valence-electron chi connectivity index (χ1n) is 5.98. The van der Waals surface area contributed by atoms with Crippen LogP contribution in [-0.2, 0) is 0 Å². The van der Waals surface area contributed by atoms with E-state index in [0.717, 1.165) is 15.9 Å². The van der Waals surface area contributed by atoms with Gasteiger partial charge in [-0.1, -0.05) is 0 Å². The van der Waals surface area contributed by atoms with Gasteiger partial charge in [0.25, 0.3) is 5.56 Å². The van der Waals surface area contributed by atoms with Crippen molar-refractivity contribution in [2.24, 2.45) is 0 Å². The molecule has 0 radical (unpaired) electrons. The van der Waals surface area contributed by atoms with Crippen molar-refractivity contribution in [3.05, 3.63) is 44.7 Å². The van der Waals surface area contributed by atoms with E-state index < -0.39 is 0 Å². The van der Waals surface area contributed by atoms with Crippen LogP contribution < -0.4 is 11.3 Å². The topological polar surface area (TPSA) is 89.6 Å². The summed E-state index contributed by atoms with van der Waals surface area (Å²) in [6, 6.07) is 3.40. The Morgan fingerprint density at radius 2 is 2.10 bits per heavy atom. The van der Waals surface area contributed by atoms with Gasteiger partial charge in [0.1, 0.15) is 0 Å². The molecule has 0 fully saturated rings. The number of hydrogen-bond acceptors (Lipinski definition) is 4. The van der Waals surface area contributed by atoms with Crippen LogP contribution >= 0.6 is 15.9 Å². The number of H-pyrrole nitrogens is 1. The van der Waals surface area contributed by atoms with E-state index in [9.17, 15) is 4.79 Å². The van der Waals surface area contributed by atoms with Gasteiger partial charge in [-0.15, -0.1) is 0 Å². The number of nitrogen functional groups attached to an aromatic ring is 1. The molecular weight excluding hydrogens is 322 g/mol. The van der Waals surface area contributed by atoms with E-state index in [1.807, 2.05) is 13.8 Å². The second-order valence-electron chi connectivity index (χ2n) is 4.56. The van der Waals surface area contributed by atoms with Crippen LogP contribution in [0.25, 0.3) is 16.6 Å². The Balaban J connectivity index is 2.34. The number of anilines is 1. The zero-order valence-electron chi connectivity index (χ0n) is 10.9. The SMILES string of the molecule is Cc1nn(-c2cc3nc[nH]c(=O)c3cc2N)c(C)c1Br. The van der Waals surface area contributed by atoms with Crippen molar-refractivity contribution in [1.29, 1.82) is 0 Å². The minimum absolute atomic E-state index is 0.206. The molecule has 2 aromatic heterocycles. The molecule has 1 aromatic carbocycles. The molecular formula is C13H12BrN5O. The highest BCUT2D eigenvalue weighted by Crippen LogP contribution is 2.27. The summed E-state index contributed by atoms with van der Waals surface area (Å²) in [5, 5.41) is 4.91. The molecule has 0 saturated carbocycles. The molecule has 3 aromatic rings. The van der Waals surface area contributed by atoms with E-state index in [2.05, 4.69) is 31.0 Å². The van der Waals surface area contributed by atoms with E-state index in [1.54, 1.807) is 16.8 Å². The molecule has 0 spiro atoms. The highest BCUT2D eigenvalue weighted by molar-refractivity contribution is 9.10. The predicted molar refractivity (Wildman–Crippen MR) is 81.1 cm³/mol. The van der Waals surface area contributed by atoms with Crippen molar-refractivity contribution in [2.75, 3.05) is 5.73 Å².